The van der Waals surface area contributed by atoms with Crippen LogP contribution >= 0.6 is 35.0 Å². The maximum atomic E-state index is 12.7. The molecule has 4 rings (SSSR count). The largest absolute Gasteiger partial charge is 0.381 e. The predicted molar refractivity (Wildman–Crippen MR) is 159 cm³/mol. The summed E-state index contributed by atoms with van der Waals surface area (Å²) in [5.41, 5.74) is 0.414. The Labute approximate surface area is 241 Å². The van der Waals surface area contributed by atoms with E-state index in [1.54, 1.807) is 18.0 Å². The topological polar surface area (TPSA) is 69.4 Å². The lowest BCUT2D eigenvalue weighted by atomic mass is 9.79. The Bertz CT molecular complexity index is 1220. The predicted octanol–water partition coefficient (Wildman–Crippen LogP) is 7.34. The van der Waals surface area contributed by atoms with Gasteiger partial charge in [0.2, 0.25) is 0 Å². The number of halogens is 2. The van der Waals surface area contributed by atoms with Gasteiger partial charge < -0.3 is 14.6 Å². The van der Waals surface area contributed by atoms with Crippen molar-refractivity contribution in [3.63, 3.8) is 0 Å². The van der Waals surface area contributed by atoms with E-state index in [2.05, 4.69) is 24.6 Å². The quantitative estimate of drug-likeness (QED) is 0.142. The number of aromatic nitrogens is 3. The van der Waals surface area contributed by atoms with E-state index >= 15 is 0 Å². The van der Waals surface area contributed by atoms with Gasteiger partial charge in [0, 0.05) is 39.0 Å². The average Bonchev–Trinajstić information content (AvgIpc) is 3.23. The van der Waals surface area contributed by atoms with Crippen molar-refractivity contribution in [2.24, 2.45) is 5.92 Å². The molecular weight excluding hydrogens is 557 g/mol. The normalized spacial score (nSPS) is 16.5. The molecule has 1 fully saturated rings. The number of hydrogen-bond acceptors (Lipinski definition) is 6. The fourth-order valence-electron chi connectivity index (χ4n) is 4.81. The van der Waals surface area contributed by atoms with Gasteiger partial charge in [-0.05, 0) is 67.3 Å². The van der Waals surface area contributed by atoms with Gasteiger partial charge in [-0.2, -0.15) is 0 Å². The van der Waals surface area contributed by atoms with Crippen molar-refractivity contribution < 1.29 is 14.6 Å². The van der Waals surface area contributed by atoms with Crippen LogP contribution < -0.4 is 0 Å². The molecule has 6 nitrogen and oxygen atoms in total. The molecule has 0 spiro atoms. The van der Waals surface area contributed by atoms with Gasteiger partial charge in [-0.25, -0.2) is 4.98 Å². The fraction of sp³-hybridized carbons (Fsp3) is 0.500. The highest BCUT2D eigenvalue weighted by atomic mass is 35.5. The minimum atomic E-state index is -1.44. The Hall–Kier alpha value is -1.39. The van der Waals surface area contributed by atoms with Crippen molar-refractivity contribution in [2.75, 3.05) is 26.1 Å². The van der Waals surface area contributed by atoms with Gasteiger partial charge in [-0.15, -0.1) is 11.8 Å². The second-order valence-corrected chi connectivity index (χ2v) is 18.3. The summed E-state index contributed by atoms with van der Waals surface area (Å²) in [5, 5.41) is 13.5. The second-order valence-electron chi connectivity index (χ2n) is 11.0. The van der Waals surface area contributed by atoms with E-state index in [9.17, 15) is 5.11 Å². The van der Waals surface area contributed by atoms with Crippen LogP contribution in [-0.4, -0.2) is 53.8 Å². The molecule has 1 aliphatic heterocycles. The number of pyridine rings is 1. The molecule has 0 amide bonds. The van der Waals surface area contributed by atoms with E-state index in [0.717, 1.165) is 23.8 Å². The van der Waals surface area contributed by atoms with Crippen LogP contribution in [0, 0.1) is 5.92 Å². The molecule has 1 unspecified atom stereocenters. The smallest absolute Gasteiger partial charge is 0.162 e. The monoisotopic (exact) mass is 593 g/mol. The van der Waals surface area contributed by atoms with E-state index in [1.807, 2.05) is 47.2 Å². The van der Waals surface area contributed by atoms with Crippen molar-refractivity contribution in [1.29, 1.82) is 0 Å². The molecular formula is C28H37Cl2N3O3SSi. The maximum absolute atomic E-state index is 12.7. The first kappa shape index (κ1) is 29.6. The van der Waals surface area contributed by atoms with Crippen LogP contribution in [0.15, 0.2) is 47.5 Å². The molecule has 2 aromatic heterocycles. The van der Waals surface area contributed by atoms with Crippen molar-refractivity contribution in [1.82, 2.24) is 14.5 Å². The molecule has 0 saturated carbocycles. The summed E-state index contributed by atoms with van der Waals surface area (Å²) in [7, 11) is -1.28. The van der Waals surface area contributed by atoms with E-state index in [1.165, 1.54) is 0 Å². The van der Waals surface area contributed by atoms with Crippen molar-refractivity contribution >= 4 is 43.0 Å². The molecule has 1 aliphatic rings. The molecule has 0 bridgehead atoms. The van der Waals surface area contributed by atoms with Crippen molar-refractivity contribution in [3.8, 4) is 11.5 Å². The van der Waals surface area contributed by atoms with E-state index in [-0.39, 0.29) is 17.8 Å². The molecule has 38 heavy (non-hydrogen) atoms. The SMILES string of the molecule is CSc1ccc(C(O)(CC2CCOCC2)c2c(Cl)nc(-c3ccccn3)n2COCC[Si](C)(C)C)cc1Cl. The first-order valence-electron chi connectivity index (χ1n) is 13.0. The first-order valence-corrected chi connectivity index (χ1v) is 18.7. The van der Waals surface area contributed by atoms with Crippen LogP contribution in [0.3, 0.4) is 0 Å². The number of hydrogen-bond donors (Lipinski definition) is 1. The van der Waals surface area contributed by atoms with E-state index in [0.29, 0.717) is 54.0 Å². The number of ether oxygens (including phenoxy) is 2. The first-order chi connectivity index (χ1) is 18.1. The molecule has 0 aliphatic carbocycles. The summed E-state index contributed by atoms with van der Waals surface area (Å²) in [6.45, 7) is 9.16. The van der Waals surface area contributed by atoms with Gasteiger partial charge in [0.1, 0.15) is 18.0 Å². The summed E-state index contributed by atoms with van der Waals surface area (Å²) >= 11 is 15.1. The number of imidazole rings is 1. The third kappa shape index (κ3) is 7.02. The minimum absolute atomic E-state index is 0.207. The summed E-state index contributed by atoms with van der Waals surface area (Å²) in [6, 6.07) is 12.4. The number of benzene rings is 1. The van der Waals surface area contributed by atoms with Crippen LogP contribution in [0.1, 0.15) is 30.5 Å². The Balaban J connectivity index is 1.83. The van der Waals surface area contributed by atoms with Gasteiger partial charge in [0.25, 0.3) is 0 Å². The number of rotatable bonds is 11. The Kier molecular flexibility index (Phi) is 10.0. The molecule has 3 aromatic rings. The van der Waals surface area contributed by atoms with Gasteiger partial charge in [0.15, 0.2) is 11.0 Å². The zero-order chi connectivity index (χ0) is 27.3. The maximum Gasteiger partial charge on any atom is 0.162 e. The van der Waals surface area contributed by atoms with E-state index in [4.69, 9.17) is 37.7 Å². The zero-order valence-corrected chi connectivity index (χ0v) is 25.9. The van der Waals surface area contributed by atoms with Crippen LogP contribution in [0.5, 0.6) is 0 Å². The highest BCUT2D eigenvalue weighted by Crippen LogP contribution is 2.44. The van der Waals surface area contributed by atoms with Gasteiger partial charge >= 0.3 is 0 Å². The fourth-order valence-corrected chi connectivity index (χ4v) is 6.78. The summed E-state index contributed by atoms with van der Waals surface area (Å²) < 4.78 is 13.7. The van der Waals surface area contributed by atoms with Gasteiger partial charge in [0.05, 0.1) is 10.7 Å². The summed E-state index contributed by atoms with van der Waals surface area (Å²) in [5.74, 6) is 0.814. The average molecular weight is 595 g/mol. The van der Waals surface area contributed by atoms with Crippen LogP contribution in [-0.2, 0) is 21.8 Å². The molecule has 0 radical (unpaired) electrons. The minimum Gasteiger partial charge on any atom is -0.381 e. The second kappa shape index (κ2) is 12.9. The highest BCUT2D eigenvalue weighted by Gasteiger charge is 2.41. The van der Waals surface area contributed by atoms with E-state index < -0.39 is 13.7 Å². The van der Waals surface area contributed by atoms with Crippen LogP contribution in [0.2, 0.25) is 35.9 Å². The molecule has 1 aromatic carbocycles. The van der Waals surface area contributed by atoms with Crippen molar-refractivity contribution in [3.05, 3.63) is 64.0 Å². The molecule has 1 atom stereocenters. The number of aliphatic hydroxyl groups is 1. The third-order valence-electron chi connectivity index (χ3n) is 6.98. The molecule has 10 heteroatoms. The summed E-state index contributed by atoms with van der Waals surface area (Å²) in [4.78, 5) is 10.2. The lowest BCUT2D eigenvalue weighted by Gasteiger charge is -2.35. The van der Waals surface area contributed by atoms with Crippen LogP contribution in [0.25, 0.3) is 11.5 Å². The Morgan fingerprint density at radius 1 is 1.18 bits per heavy atom. The lowest BCUT2D eigenvalue weighted by Crippen LogP contribution is -2.35. The molecule has 206 valence electrons. The lowest BCUT2D eigenvalue weighted by molar-refractivity contribution is 0.000588. The molecule has 1 saturated heterocycles. The molecule has 3 heterocycles. The standard InChI is InChI=1S/C28H37Cl2N3O3SSi/c1-37-24-9-8-21(17-22(24)29)28(34,18-20-10-13-35-14-11-20)25-26(30)32-27(23-7-5-6-12-31-23)33(25)19-36-15-16-38(2,3)4/h5-9,12,17,20,34H,10-11,13-16,18-19H2,1-4H3. The molecule has 1 N–H and O–H groups in total. The van der Waals surface area contributed by atoms with Crippen molar-refractivity contribution in [2.45, 2.75) is 62.2 Å². The highest BCUT2D eigenvalue weighted by molar-refractivity contribution is 7.98. The Morgan fingerprint density at radius 2 is 1.95 bits per heavy atom. The number of thioether (sulfide) groups is 1. The zero-order valence-electron chi connectivity index (χ0n) is 22.5. The third-order valence-corrected chi connectivity index (χ3v) is 10.2. The number of nitrogens with zero attached hydrogens (tertiary/aromatic N) is 3. The van der Waals surface area contributed by atoms with Gasteiger partial charge in [-0.1, -0.05) is 55.0 Å². The van der Waals surface area contributed by atoms with Crippen LogP contribution in [0.4, 0.5) is 0 Å². The summed E-state index contributed by atoms with van der Waals surface area (Å²) in [6.07, 6.45) is 5.91. The van der Waals surface area contributed by atoms with Gasteiger partial charge in [-0.3, -0.25) is 9.55 Å². The Morgan fingerprint density at radius 3 is 2.58 bits per heavy atom.